The van der Waals surface area contributed by atoms with Gasteiger partial charge in [0.05, 0.1) is 23.4 Å². The van der Waals surface area contributed by atoms with E-state index in [0.29, 0.717) is 0 Å². The van der Waals surface area contributed by atoms with E-state index in [0.717, 1.165) is 11.8 Å². The molecule has 48 heavy (non-hydrogen) atoms. The highest BCUT2D eigenvalue weighted by Crippen LogP contribution is 2.34. The third kappa shape index (κ3) is 8.54. The van der Waals surface area contributed by atoms with Gasteiger partial charge in [0.1, 0.15) is 12.4 Å². The van der Waals surface area contributed by atoms with Crippen molar-refractivity contribution in [2.45, 2.75) is 70.0 Å². The van der Waals surface area contributed by atoms with Crippen LogP contribution in [0.2, 0.25) is 0 Å². The molecule has 0 N–H and O–H groups in total. The molecule has 1 aliphatic rings. The Morgan fingerprint density at radius 1 is 1.00 bits per heavy atom. The number of carbonyl (C=O) groups excluding carboxylic acids is 1. The number of carbonyl (C=O) groups is 1. The quantitative estimate of drug-likeness (QED) is 0.0819. The average Bonchev–Trinajstić information content (AvgIpc) is 3.35. The first-order valence-corrected chi connectivity index (χ1v) is 14.8. The highest BCUT2D eigenvalue weighted by atomic mass is 32.2. The van der Waals surface area contributed by atoms with Crippen molar-refractivity contribution in [1.82, 2.24) is 19.4 Å². The Morgan fingerprint density at radius 2 is 1.67 bits per heavy atom. The number of nitrogens with zero attached hydrogens (tertiary/aromatic N) is 4. The van der Waals surface area contributed by atoms with E-state index < -0.39 is 191 Å². The second-order valence-corrected chi connectivity index (χ2v) is 10.5. The fourth-order valence-corrected chi connectivity index (χ4v) is 4.82. The Balaban J connectivity index is 1.84. The number of rotatable bonds is 13. The van der Waals surface area contributed by atoms with Crippen molar-refractivity contribution >= 4 is 17.7 Å². The summed E-state index contributed by atoms with van der Waals surface area (Å²) in [5.41, 5.74) is -14.6. The first-order chi connectivity index (χ1) is 32.1. The van der Waals surface area contributed by atoms with Crippen molar-refractivity contribution in [3.63, 3.8) is 0 Å². The predicted octanol–water partition coefficient (Wildman–Crippen LogP) is 7.53. The Bertz CT molecular complexity index is 2860. The molecular formula is C37H40F4N4O2S. The predicted molar refractivity (Wildman–Crippen MR) is 181 cm³/mol. The fourth-order valence-electron chi connectivity index (χ4n) is 4.13. The molecule has 0 atom stereocenters. The van der Waals surface area contributed by atoms with Crippen LogP contribution in [0, 0.1) is 12.7 Å². The van der Waals surface area contributed by atoms with Crippen LogP contribution in [-0.4, -0.2) is 51.3 Å². The molecule has 0 aliphatic heterocycles. The van der Waals surface area contributed by atoms with Gasteiger partial charge in [-0.05, 0) is 85.1 Å². The molecule has 11 heteroatoms. The zero-order valence-electron chi connectivity index (χ0n) is 48.4. The van der Waals surface area contributed by atoms with E-state index in [1.54, 1.807) is 0 Å². The van der Waals surface area contributed by atoms with Crippen LogP contribution in [0.5, 0.6) is 0 Å². The topological polar surface area (TPSA) is 58.4 Å². The zero-order chi connectivity index (χ0) is 54.8. The summed E-state index contributed by atoms with van der Waals surface area (Å²) in [5.74, 6) is -3.49. The minimum absolute atomic E-state index is 0.0325. The molecule has 0 spiro atoms. The lowest BCUT2D eigenvalue weighted by atomic mass is 9.98. The molecule has 4 aromatic rings. The monoisotopic (exact) mass is 703 g/mol. The number of hydrogen-bond acceptors (Lipinski definition) is 5. The molecular weight excluding hydrogens is 640 g/mol. The Labute approximate surface area is 315 Å². The first kappa shape index (κ1) is 16.2. The van der Waals surface area contributed by atoms with Crippen LogP contribution in [0.4, 0.5) is 17.6 Å². The molecule has 5 rings (SSSR count). The number of alkyl halides is 3. The van der Waals surface area contributed by atoms with Crippen molar-refractivity contribution in [2.75, 3.05) is 26.1 Å². The summed E-state index contributed by atoms with van der Waals surface area (Å²) in [4.78, 5) is 33.2. The third-order valence-electron chi connectivity index (χ3n) is 6.58. The minimum atomic E-state index is -5.25. The van der Waals surface area contributed by atoms with Crippen LogP contribution in [0.1, 0.15) is 85.3 Å². The van der Waals surface area contributed by atoms with Crippen LogP contribution < -0.4 is 5.56 Å². The second kappa shape index (κ2) is 15.5. The lowest BCUT2D eigenvalue weighted by Crippen LogP contribution is -2.40. The molecule has 0 unspecified atom stereocenters. The maximum atomic E-state index is 15.0. The number of likely N-dealkylation sites (N-methyl/N-ethyl adjacent to an activating group) is 1. The zero-order valence-corrected chi connectivity index (χ0v) is 26.2. The standard InChI is InChI=1S/C37H40F4N4O2S/c1-4-43(5-2)19-20-44(22-26-9-13-28(14-10-26)29-15-18-32(25(3)21-29)37(39,40)41)34(46)23-45-33-8-6-7-31(33)35(47)42-36(45)48-24-27-11-16-30(38)17-12-27/h9-18,21H,4-8,19-20,22-24H2,1-3H3/i6D2,7D2,8D2,9D,10D,11D,12D,13D,14D,15D,16D,17D,18D,19D2,20D2,21D,24D2. The average molecular weight is 704 g/mol. The maximum absolute atomic E-state index is 15.0. The number of aromatic nitrogens is 2. The molecule has 1 aliphatic carbocycles. The summed E-state index contributed by atoms with van der Waals surface area (Å²) < 4.78 is 255. The molecule has 3 aromatic carbocycles. The molecule has 0 radical (unpaired) electrons. The number of hydrogen-bond donors (Lipinski definition) is 0. The third-order valence-corrected chi connectivity index (χ3v) is 7.38. The van der Waals surface area contributed by atoms with Gasteiger partial charge in [-0.2, -0.15) is 18.2 Å². The van der Waals surface area contributed by atoms with E-state index in [1.807, 2.05) is 0 Å². The van der Waals surface area contributed by atoms with Crippen LogP contribution in [0.3, 0.4) is 0 Å². The Morgan fingerprint density at radius 3 is 2.33 bits per heavy atom. The number of fused-ring (bicyclic) bond motifs is 1. The normalized spacial score (nSPS) is 23.8. The van der Waals surface area contributed by atoms with E-state index in [2.05, 4.69) is 4.98 Å². The lowest BCUT2D eigenvalue weighted by molar-refractivity contribution is -0.138. The van der Waals surface area contributed by atoms with Gasteiger partial charge in [0.15, 0.2) is 5.16 Å². The first-order valence-electron chi connectivity index (χ1n) is 25.5. The van der Waals surface area contributed by atoms with Crippen LogP contribution in [-0.2, 0) is 42.5 Å². The van der Waals surface area contributed by atoms with Crippen molar-refractivity contribution in [1.29, 1.82) is 0 Å². The SMILES string of the molecule is [2H]c1c([2H])c(C([2H])([2H])Sc2nc(=O)c3c(n2CC(=O)N(Cc2c([2H])c([2H])c(-c4c([2H])c([2H])c(C(F)(F)F)c(C)c4[2H])c([2H])c2[2H])C([2H])([2H])C([2H])([2H])N(CC)CC)C([2H])([2H])C([2H])([2H])C3([2H])[2H])c([2H])c([2H])c1F. The van der Waals surface area contributed by atoms with Gasteiger partial charge >= 0.3 is 6.18 Å². The van der Waals surface area contributed by atoms with Gasteiger partial charge in [-0.1, -0.05) is 73.9 Å². The molecule has 1 heterocycles. The lowest BCUT2D eigenvalue weighted by Gasteiger charge is -2.28. The molecule has 0 fully saturated rings. The number of thioether (sulfide) groups is 1. The summed E-state index contributed by atoms with van der Waals surface area (Å²) in [7, 11) is 0. The van der Waals surface area contributed by atoms with Crippen molar-refractivity contribution in [3.05, 3.63) is 116 Å². The summed E-state index contributed by atoms with van der Waals surface area (Å²) in [6.45, 7) is -7.28. The van der Waals surface area contributed by atoms with E-state index in [9.17, 15) is 25.1 Å². The van der Waals surface area contributed by atoms with Gasteiger partial charge in [0.2, 0.25) is 5.91 Å². The number of amides is 1. The summed E-state index contributed by atoms with van der Waals surface area (Å²) in [6.07, 6.45) is -16.3. The molecule has 6 nitrogen and oxygen atoms in total. The van der Waals surface area contributed by atoms with Gasteiger partial charge < -0.3 is 14.4 Å². The largest absolute Gasteiger partial charge is 0.416 e. The van der Waals surface area contributed by atoms with Gasteiger partial charge in [0, 0.05) is 50.2 Å². The van der Waals surface area contributed by atoms with Crippen LogP contribution in [0.25, 0.3) is 11.1 Å². The van der Waals surface area contributed by atoms with Crippen LogP contribution >= 0.6 is 11.8 Å². The van der Waals surface area contributed by atoms with E-state index in [-0.39, 0.29) is 34.3 Å². The molecule has 0 saturated carbocycles. The smallest absolute Gasteiger partial charge is 0.336 e. The van der Waals surface area contributed by atoms with Gasteiger partial charge in [-0.3, -0.25) is 9.59 Å². The number of halogens is 4. The maximum Gasteiger partial charge on any atom is 0.416 e. The second-order valence-electron chi connectivity index (χ2n) is 9.75. The molecule has 1 amide bonds. The van der Waals surface area contributed by atoms with Crippen molar-refractivity contribution in [3.8, 4) is 11.1 Å². The molecule has 0 saturated heterocycles. The van der Waals surface area contributed by atoms with E-state index in [1.165, 1.54) is 13.8 Å². The van der Waals surface area contributed by atoms with Crippen LogP contribution in [0.15, 0.2) is 76.4 Å². The number of benzene rings is 3. The fraction of sp³-hybridized carbons (Fsp3) is 0.378. The van der Waals surface area contributed by atoms with Gasteiger partial charge in [0.25, 0.3) is 5.56 Å². The Hall–Kier alpha value is -3.96. The summed E-state index contributed by atoms with van der Waals surface area (Å²) >= 11 is -0.362. The van der Waals surface area contributed by atoms with E-state index >= 15 is 4.79 Å². The molecule has 0 bridgehead atoms. The molecule has 254 valence electrons. The minimum Gasteiger partial charge on any atom is -0.336 e. The highest BCUT2D eigenvalue weighted by Gasteiger charge is 2.32. The highest BCUT2D eigenvalue weighted by molar-refractivity contribution is 7.98. The Kier molecular flexibility index (Phi) is 5.22. The van der Waals surface area contributed by atoms with Gasteiger partial charge in [-0.15, -0.1) is 0 Å². The summed E-state index contributed by atoms with van der Waals surface area (Å²) in [5, 5.41) is -1.20. The molecule has 1 aromatic heterocycles. The van der Waals surface area contributed by atoms with Crippen molar-refractivity contribution < 1.29 is 53.9 Å². The van der Waals surface area contributed by atoms with Gasteiger partial charge in [-0.25, -0.2) is 4.39 Å². The summed E-state index contributed by atoms with van der Waals surface area (Å²) in [6, 6.07) is -14.0. The van der Waals surface area contributed by atoms with E-state index in [4.69, 9.17) is 28.8 Å². The van der Waals surface area contributed by atoms with Crippen molar-refractivity contribution in [2.24, 2.45) is 0 Å².